The SMILES string of the molecule is OC(COCC1CCCO1)CN1CCOC2CCCCC21. The maximum absolute atomic E-state index is 10.2. The Hall–Kier alpha value is -0.200. The molecule has 4 unspecified atom stereocenters. The molecule has 2 saturated heterocycles. The van der Waals surface area contributed by atoms with E-state index in [-0.39, 0.29) is 6.10 Å². The summed E-state index contributed by atoms with van der Waals surface area (Å²) in [5.74, 6) is 0. The first-order valence-electron chi connectivity index (χ1n) is 8.56. The molecule has 1 saturated carbocycles. The van der Waals surface area contributed by atoms with Gasteiger partial charge in [-0.3, -0.25) is 4.90 Å². The second-order valence-corrected chi connectivity index (χ2v) is 6.58. The summed E-state index contributed by atoms with van der Waals surface area (Å²) in [6.45, 7) is 4.32. The molecule has 0 aromatic carbocycles. The molecule has 0 aromatic heterocycles. The third-order valence-electron chi connectivity index (χ3n) is 4.93. The smallest absolute Gasteiger partial charge is 0.0900 e. The van der Waals surface area contributed by atoms with E-state index >= 15 is 0 Å². The molecule has 3 aliphatic rings. The van der Waals surface area contributed by atoms with Gasteiger partial charge in [0.1, 0.15) is 0 Å². The van der Waals surface area contributed by atoms with Crippen molar-refractivity contribution in [2.75, 3.05) is 39.5 Å². The van der Waals surface area contributed by atoms with Crippen LogP contribution in [0.25, 0.3) is 0 Å². The molecule has 0 aromatic rings. The van der Waals surface area contributed by atoms with Gasteiger partial charge in [-0.15, -0.1) is 0 Å². The molecule has 0 bridgehead atoms. The van der Waals surface area contributed by atoms with Crippen LogP contribution in [0.4, 0.5) is 0 Å². The normalized spacial score (nSPS) is 35.6. The summed E-state index contributed by atoms with van der Waals surface area (Å²) in [6, 6.07) is 0.500. The van der Waals surface area contributed by atoms with E-state index in [4.69, 9.17) is 14.2 Å². The summed E-state index contributed by atoms with van der Waals surface area (Å²) in [7, 11) is 0. The second-order valence-electron chi connectivity index (χ2n) is 6.58. The molecule has 1 N–H and O–H groups in total. The van der Waals surface area contributed by atoms with Crippen molar-refractivity contribution < 1.29 is 19.3 Å². The maximum atomic E-state index is 10.2. The molecule has 0 spiro atoms. The zero-order valence-corrected chi connectivity index (χ0v) is 12.9. The van der Waals surface area contributed by atoms with Gasteiger partial charge in [0.15, 0.2) is 0 Å². The number of nitrogens with zero attached hydrogens (tertiary/aromatic N) is 1. The summed E-state index contributed by atoms with van der Waals surface area (Å²) in [5.41, 5.74) is 0. The summed E-state index contributed by atoms with van der Waals surface area (Å²) < 4.78 is 17.0. The number of hydrogen-bond donors (Lipinski definition) is 1. The van der Waals surface area contributed by atoms with Crippen LogP contribution in [0.15, 0.2) is 0 Å². The van der Waals surface area contributed by atoms with E-state index < -0.39 is 6.10 Å². The summed E-state index contributed by atoms with van der Waals surface area (Å²) >= 11 is 0. The fraction of sp³-hybridized carbons (Fsp3) is 1.00. The predicted octanol–water partition coefficient (Wildman–Crippen LogP) is 1.19. The van der Waals surface area contributed by atoms with Crippen LogP contribution in [0, 0.1) is 0 Å². The van der Waals surface area contributed by atoms with Crippen LogP contribution in [0.1, 0.15) is 38.5 Å². The average Bonchev–Trinajstić information content (AvgIpc) is 3.01. The number of rotatable bonds is 6. The Morgan fingerprint density at radius 3 is 2.86 bits per heavy atom. The van der Waals surface area contributed by atoms with Gasteiger partial charge in [-0.25, -0.2) is 0 Å². The van der Waals surface area contributed by atoms with Crippen molar-refractivity contribution in [3.8, 4) is 0 Å². The summed E-state index contributed by atoms with van der Waals surface area (Å²) in [5, 5.41) is 10.2. The molecule has 4 atom stereocenters. The molecule has 122 valence electrons. The van der Waals surface area contributed by atoms with E-state index in [1.165, 1.54) is 25.7 Å². The summed E-state index contributed by atoms with van der Waals surface area (Å²) in [6.07, 6.45) is 7.37. The maximum Gasteiger partial charge on any atom is 0.0900 e. The Morgan fingerprint density at radius 1 is 1.10 bits per heavy atom. The molecule has 0 amide bonds. The molecular formula is C16H29NO4. The molecule has 2 aliphatic heterocycles. The highest BCUT2D eigenvalue weighted by atomic mass is 16.5. The first-order valence-corrected chi connectivity index (χ1v) is 8.56. The van der Waals surface area contributed by atoms with Gasteiger partial charge >= 0.3 is 0 Å². The predicted molar refractivity (Wildman–Crippen MR) is 79.4 cm³/mol. The molecule has 3 fully saturated rings. The highest BCUT2D eigenvalue weighted by Crippen LogP contribution is 2.28. The van der Waals surface area contributed by atoms with Crippen molar-refractivity contribution in [2.24, 2.45) is 0 Å². The lowest BCUT2D eigenvalue weighted by atomic mass is 9.90. The van der Waals surface area contributed by atoms with Gasteiger partial charge < -0.3 is 19.3 Å². The number of fused-ring (bicyclic) bond motifs is 1. The number of β-amino-alcohol motifs (C(OH)–C–C–N with tert-alkyl or cyclic N) is 1. The third-order valence-corrected chi connectivity index (χ3v) is 4.93. The van der Waals surface area contributed by atoms with Crippen molar-refractivity contribution in [3.05, 3.63) is 0 Å². The van der Waals surface area contributed by atoms with Gasteiger partial charge in [-0.05, 0) is 25.7 Å². The largest absolute Gasteiger partial charge is 0.389 e. The van der Waals surface area contributed by atoms with Crippen molar-refractivity contribution >= 4 is 0 Å². The summed E-state index contributed by atoms with van der Waals surface area (Å²) in [4.78, 5) is 2.41. The van der Waals surface area contributed by atoms with Crippen molar-refractivity contribution in [3.63, 3.8) is 0 Å². The quantitative estimate of drug-likeness (QED) is 0.798. The molecule has 1 aliphatic carbocycles. The highest BCUT2D eigenvalue weighted by Gasteiger charge is 2.34. The van der Waals surface area contributed by atoms with E-state index in [2.05, 4.69) is 4.90 Å². The standard InChI is InChI=1S/C16H29NO4/c18-13(11-19-12-14-4-3-8-20-14)10-17-7-9-21-16-6-2-1-5-15(16)17/h13-16,18H,1-12H2. The molecule has 0 radical (unpaired) electrons. The Labute approximate surface area is 127 Å². The molecular weight excluding hydrogens is 270 g/mol. The van der Waals surface area contributed by atoms with Crippen LogP contribution in [0.5, 0.6) is 0 Å². The van der Waals surface area contributed by atoms with Crippen LogP contribution in [-0.4, -0.2) is 73.9 Å². The van der Waals surface area contributed by atoms with Crippen LogP contribution in [0.2, 0.25) is 0 Å². The Bertz CT molecular complexity index is 307. The van der Waals surface area contributed by atoms with Gasteiger partial charge in [-0.2, -0.15) is 0 Å². The van der Waals surface area contributed by atoms with E-state index in [0.717, 1.165) is 32.6 Å². The fourth-order valence-electron chi connectivity index (χ4n) is 3.84. The Kier molecular flexibility index (Phi) is 5.89. The molecule has 5 heteroatoms. The molecule has 3 rings (SSSR count). The second kappa shape index (κ2) is 7.88. The highest BCUT2D eigenvalue weighted by molar-refractivity contribution is 4.88. The number of morpholine rings is 1. The number of aliphatic hydroxyl groups excluding tert-OH is 1. The monoisotopic (exact) mass is 299 g/mol. The van der Waals surface area contributed by atoms with Gasteiger partial charge in [0.05, 0.1) is 38.1 Å². The van der Waals surface area contributed by atoms with Gasteiger partial charge in [0, 0.05) is 25.7 Å². The number of hydrogen-bond acceptors (Lipinski definition) is 5. The number of aliphatic hydroxyl groups is 1. The van der Waals surface area contributed by atoms with Crippen LogP contribution in [0.3, 0.4) is 0 Å². The topological polar surface area (TPSA) is 51.2 Å². The van der Waals surface area contributed by atoms with E-state index in [9.17, 15) is 5.11 Å². The van der Waals surface area contributed by atoms with Crippen molar-refractivity contribution in [1.29, 1.82) is 0 Å². The van der Waals surface area contributed by atoms with Gasteiger partial charge in [0.2, 0.25) is 0 Å². The minimum atomic E-state index is -0.410. The third kappa shape index (κ3) is 4.39. The Balaban J connectivity index is 1.37. The first kappa shape index (κ1) is 15.7. The zero-order chi connectivity index (χ0) is 14.5. The Morgan fingerprint density at radius 2 is 2.00 bits per heavy atom. The van der Waals surface area contributed by atoms with E-state index in [1.807, 2.05) is 0 Å². The van der Waals surface area contributed by atoms with E-state index in [0.29, 0.717) is 31.9 Å². The van der Waals surface area contributed by atoms with Crippen molar-refractivity contribution in [2.45, 2.75) is 62.9 Å². The zero-order valence-electron chi connectivity index (χ0n) is 12.9. The number of ether oxygens (including phenoxy) is 3. The average molecular weight is 299 g/mol. The lowest BCUT2D eigenvalue weighted by molar-refractivity contribution is -0.104. The van der Waals surface area contributed by atoms with Gasteiger partial charge in [-0.1, -0.05) is 12.8 Å². The molecule has 5 nitrogen and oxygen atoms in total. The molecule has 2 heterocycles. The fourth-order valence-corrected chi connectivity index (χ4v) is 3.84. The van der Waals surface area contributed by atoms with E-state index in [1.54, 1.807) is 0 Å². The van der Waals surface area contributed by atoms with Crippen LogP contribution < -0.4 is 0 Å². The van der Waals surface area contributed by atoms with Gasteiger partial charge in [0.25, 0.3) is 0 Å². The lowest BCUT2D eigenvalue weighted by Gasteiger charge is -2.44. The van der Waals surface area contributed by atoms with Crippen molar-refractivity contribution in [1.82, 2.24) is 4.90 Å². The molecule has 21 heavy (non-hydrogen) atoms. The van der Waals surface area contributed by atoms with Crippen LogP contribution in [-0.2, 0) is 14.2 Å². The first-order chi connectivity index (χ1) is 10.3. The minimum Gasteiger partial charge on any atom is -0.389 e. The minimum absolute atomic E-state index is 0.239. The van der Waals surface area contributed by atoms with Crippen LogP contribution >= 0.6 is 0 Å². The lowest BCUT2D eigenvalue weighted by Crippen LogP contribution is -2.54.